The minimum absolute atomic E-state index is 0.0990. The Kier molecular flexibility index (Phi) is 8.73. The molecule has 0 saturated heterocycles. The van der Waals surface area contributed by atoms with Gasteiger partial charge in [0.05, 0.1) is 32.4 Å². The van der Waals surface area contributed by atoms with Gasteiger partial charge in [-0.05, 0) is 49.0 Å². The molecule has 0 heterocycles. The second-order valence-corrected chi connectivity index (χ2v) is 7.75. The number of benzene rings is 2. The van der Waals surface area contributed by atoms with Crippen molar-refractivity contribution < 1.29 is 9.53 Å². The van der Waals surface area contributed by atoms with Crippen molar-refractivity contribution in [2.45, 2.75) is 12.8 Å². The molecule has 2 rings (SSSR count). The molecule has 4 nitrogen and oxygen atoms in total. The molecule has 0 bridgehead atoms. The van der Waals surface area contributed by atoms with Crippen molar-refractivity contribution in [1.29, 1.82) is 0 Å². The lowest BCUT2D eigenvalue weighted by atomic mass is 10.3. The summed E-state index contributed by atoms with van der Waals surface area (Å²) in [6.45, 7) is 0.313. The fourth-order valence-electron chi connectivity index (χ4n) is 1.97. The molecule has 0 atom stereocenters. The summed E-state index contributed by atoms with van der Waals surface area (Å²) >= 11 is 34.8. The van der Waals surface area contributed by atoms with E-state index in [2.05, 4.69) is 10.6 Å². The van der Waals surface area contributed by atoms with E-state index in [1.165, 1.54) is 12.1 Å². The molecule has 2 N–H and O–H groups in total. The highest BCUT2D eigenvalue weighted by Crippen LogP contribution is 2.32. The number of anilines is 1. The van der Waals surface area contributed by atoms with Crippen molar-refractivity contribution in [3.8, 4) is 5.75 Å². The Hall–Kier alpha value is -0.950. The summed E-state index contributed by atoms with van der Waals surface area (Å²) in [5.41, 5.74) is 0.442. The number of carbonyl (C=O) groups excluding carboxylic acids is 1. The molecular formula is C17H13Cl5N2O2S. The molecule has 10 heteroatoms. The average Bonchev–Trinajstić information content (AvgIpc) is 2.58. The van der Waals surface area contributed by atoms with E-state index in [4.69, 9.17) is 75.0 Å². The summed E-state index contributed by atoms with van der Waals surface area (Å²) in [6, 6.07) is 7.94. The molecular weight excluding hydrogens is 474 g/mol. The van der Waals surface area contributed by atoms with E-state index in [1.54, 1.807) is 18.2 Å². The van der Waals surface area contributed by atoms with Gasteiger partial charge in [-0.25, -0.2) is 0 Å². The van der Waals surface area contributed by atoms with Crippen molar-refractivity contribution in [3.63, 3.8) is 0 Å². The van der Waals surface area contributed by atoms with Crippen LogP contribution in [-0.2, 0) is 4.79 Å². The third-order valence-electron chi connectivity index (χ3n) is 3.21. The summed E-state index contributed by atoms with van der Waals surface area (Å²) < 4.78 is 5.52. The minimum Gasteiger partial charge on any atom is -0.492 e. The van der Waals surface area contributed by atoms with Crippen LogP contribution >= 0.6 is 70.2 Å². The summed E-state index contributed by atoms with van der Waals surface area (Å²) in [6.07, 6.45) is 0.684. The van der Waals surface area contributed by atoms with Crippen LogP contribution in [0, 0.1) is 0 Å². The number of hydrogen-bond acceptors (Lipinski definition) is 3. The molecule has 0 saturated carbocycles. The van der Waals surface area contributed by atoms with Gasteiger partial charge in [-0.1, -0.05) is 58.0 Å². The normalized spacial score (nSPS) is 10.4. The van der Waals surface area contributed by atoms with E-state index in [1.807, 2.05) is 0 Å². The molecule has 0 aliphatic rings. The van der Waals surface area contributed by atoms with Crippen molar-refractivity contribution in [1.82, 2.24) is 5.32 Å². The molecule has 2 aromatic rings. The fourth-order valence-corrected chi connectivity index (χ4v) is 3.25. The smallest absolute Gasteiger partial charge is 0.226 e. The maximum Gasteiger partial charge on any atom is 0.226 e. The number of hydrogen-bond donors (Lipinski definition) is 2. The van der Waals surface area contributed by atoms with Crippen LogP contribution in [0.3, 0.4) is 0 Å². The first-order valence-corrected chi connectivity index (χ1v) is 9.89. The number of halogens is 5. The van der Waals surface area contributed by atoms with E-state index in [-0.39, 0.29) is 17.4 Å². The molecule has 0 spiro atoms. The van der Waals surface area contributed by atoms with Gasteiger partial charge < -0.3 is 15.4 Å². The topological polar surface area (TPSA) is 50.4 Å². The van der Waals surface area contributed by atoms with Gasteiger partial charge in [0.2, 0.25) is 5.91 Å². The molecule has 0 radical (unpaired) electrons. The highest BCUT2D eigenvalue weighted by atomic mass is 35.5. The molecule has 0 aromatic heterocycles. The number of thiocarbonyl (C=S) groups is 1. The monoisotopic (exact) mass is 484 g/mol. The van der Waals surface area contributed by atoms with Crippen LogP contribution in [0.2, 0.25) is 25.1 Å². The number of carbonyl (C=O) groups is 1. The third-order valence-corrected chi connectivity index (χ3v) is 4.98. The maximum atomic E-state index is 12.0. The lowest BCUT2D eigenvalue weighted by Crippen LogP contribution is -2.34. The molecule has 0 unspecified atom stereocenters. The Bertz CT molecular complexity index is 863. The highest BCUT2D eigenvalue weighted by molar-refractivity contribution is 7.80. The zero-order chi connectivity index (χ0) is 20.0. The van der Waals surface area contributed by atoms with Gasteiger partial charge in [-0.3, -0.25) is 4.79 Å². The maximum absolute atomic E-state index is 12.0. The van der Waals surface area contributed by atoms with Crippen LogP contribution in [0.25, 0.3) is 0 Å². The van der Waals surface area contributed by atoms with E-state index in [0.717, 1.165) is 0 Å². The summed E-state index contributed by atoms with van der Waals surface area (Å²) in [5, 5.41) is 7.36. The fraction of sp³-hybridized carbons (Fsp3) is 0.176. The molecule has 0 fully saturated rings. The zero-order valence-corrected chi connectivity index (χ0v) is 18.2. The Morgan fingerprint density at radius 2 is 1.67 bits per heavy atom. The molecule has 144 valence electrons. The minimum atomic E-state index is -0.269. The van der Waals surface area contributed by atoms with E-state index in [9.17, 15) is 4.79 Å². The Morgan fingerprint density at radius 3 is 2.37 bits per heavy atom. The van der Waals surface area contributed by atoms with Crippen LogP contribution in [0.15, 0.2) is 30.3 Å². The van der Waals surface area contributed by atoms with Gasteiger partial charge in [0, 0.05) is 11.4 Å². The first-order chi connectivity index (χ1) is 12.8. The van der Waals surface area contributed by atoms with Gasteiger partial charge in [0.1, 0.15) is 5.75 Å². The van der Waals surface area contributed by atoms with Crippen LogP contribution in [0.5, 0.6) is 5.75 Å². The quantitative estimate of drug-likeness (QED) is 0.273. The van der Waals surface area contributed by atoms with Crippen molar-refractivity contribution >= 4 is 86.9 Å². The molecule has 2 aromatic carbocycles. The Morgan fingerprint density at radius 1 is 0.963 bits per heavy atom. The van der Waals surface area contributed by atoms with Crippen LogP contribution in [-0.4, -0.2) is 17.6 Å². The second kappa shape index (κ2) is 10.6. The van der Waals surface area contributed by atoms with Crippen molar-refractivity contribution in [3.05, 3.63) is 55.4 Å². The summed E-state index contributed by atoms with van der Waals surface area (Å²) in [4.78, 5) is 12.0. The van der Waals surface area contributed by atoms with E-state index < -0.39 is 0 Å². The number of amides is 1. The van der Waals surface area contributed by atoms with Gasteiger partial charge in [0.25, 0.3) is 0 Å². The molecule has 1 amide bonds. The third kappa shape index (κ3) is 7.18. The van der Waals surface area contributed by atoms with Crippen LogP contribution < -0.4 is 15.4 Å². The lowest BCUT2D eigenvalue weighted by Gasteiger charge is -2.12. The average molecular weight is 487 g/mol. The molecule has 0 aliphatic heterocycles. The summed E-state index contributed by atoms with van der Waals surface area (Å²) in [5.74, 6) is 0.238. The van der Waals surface area contributed by atoms with Gasteiger partial charge in [-0.2, -0.15) is 0 Å². The van der Waals surface area contributed by atoms with Crippen LogP contribution in [0.1, 0.15) is 12.8 Å². The van der Waals surface area contributed by atoms with Gasteiger partial charge >= 0.3 is 0 Å². The zero-order valence-electron chi connectivity index (χ0n) is 13.6. The van der Waals surface area contributed by atoms with Crippen molar-refractivity contribution in [2.24, 2.45) is 0 Å². The number of ether oxygens (including phenoxy) is 1. The predicted molar refractivity (Wildman–Crippen MR) is 117 cm³/mol. The first-order valence-electron chi connectivity index (χ1n) is 7.59. The largest absolute Gasteiger partial charge is 0.492 e. The van der Waals surface area contributed by atoms with E-state index >= 15 is 0 Å². The molecule has 27 heavy (non-hydrogen) atoms. The second-order valence-electron chi connectivity index (χ2n) is 5.28. The lowest BCUT2D eigenvalue weighted by molar-refractivity contribution is -0.119. The first kappa shape index (κ1) is 22.3. The number of rotatable bonds is 6. The predicted octanol–water partition coefficient (Wildman–Crippen LogP) is 6.63. The van der Waals surface area contributed by atoms with Gasteiger partial charge in [0.15, 0.2) is 5.11 Å². The standard InChI is InChI=1S/C17H13Cl5N2O2S/c18-9-3-4-15(13(22)6-9)26-5-1-2-16(25)24-17(27)23-14-8-11(20)10(19)7-12(14)21/h3-4,6-8H,1-2,5H2,(H2,23,24,25,27). The summed E-state index contributed by atoms with van der Waals surface area (Å²) in [7, 11) is 0. The Balaban J connectivity index is 1.75. The van der Waals surface area contributed by atoms with Crippen LogP contribution in [0.4, 0.5) is 5.69 Å². The number of nitrogens with one attached hydrogen (secondary N) is 2. The molecule has 0 aliphatic carbocycles. The highest BCUT2D eigenvalue weighted by Gasteiger charge is 2.10. The van der Waals surface area contributed by atoms with Crippen molar-refractivity contribution in [2.75, 3.05) is 11.9 Å². The Labute approximate surface area is 187 Å². The van der Waals surface area contributed by atoms with Gasteiger partial charge in [-0.15, -0.1) is 0 Å². The SMILES string of the molecule is O=C(CCCOc1ccc(Cl)cc1Cl)NC(=S)Nc1cc(Cl)c(Cl)cc1Cl. The van der Waals surface area contributed by atoms with E-state index in [0.29, 0.717) is 49.6 Å².